The van der Waals surface area contributed by atoms with Gasteiger partial charge in [0.25, 0.3) is 5.56 Å². The van der Waals surface area contributed by atoms with Crippen LogP contribution in [0.3, 0.4) is 0 Å². The molecule has 5 rings (SSSR count). The predicted molar refractivity (Wildman–Crippen MR) is 172 cm³/mol. The van der Waals surface area contributed by atoms with E-state index in [-0.39, 0.29) is 17.7 Å². The number of aromatic nitrogens is 1. The van der Waals surface area contributed by atoms with Crippen LogP contribution in [-0.2, 0) is 16.1 Å². The maximum atomic E-state index is 14.0. The molecule has 0 spiro atoms. The second kappa shape index (κ2) is 13.5. The standard InChI is InChI=1S/C32H27Cl3N2O6S/c1-5-42-26-12-18(6-10-25(26)43-16-19-7-8-21(34)15-23(19)35)13-27-30(38)37-29(22-14-20(33)9-11-24(22)40-3)28(31(39)41-4)17(2)36-32(37)44-27/h6-15,29H,5,16H2,1-4H3/b27-13-/t29-/m0/s1. The second-order valence-electron chi connectivity index (χ2n) is 9.62. The minimum atomic E-state index is -0.871. The minimum absolute atomic E-state index is 0.211. The summed E-state index contributed by atoms with van der Waals surface area (Å²) in [6.45, 7) is 4.19. The first-order valence-electron chi connectivity index (χ1n) is 13.4. The van der Waals surface area contributed by atoms with Gasteiger partial charge in [-0.15, -0.1) is 0 Å². The highest BCUT2D eigenvalue weighted by molar-refractivity contribution is 7.07. The average Bonchev–Trinajstić information content (AvgIpc) is 3.30. The lowest BCUT2D eigenvalue weighted by atomic mass is 9.95. The smallest absolute Gasteiger partial charge is 0.338 e. The fourth-order valence-corrected chi connectivity index (χ4v) is 6.54. The topological polar surface area (TPSA) is 88.4 Å². The van der Waals surface area contributed by atoms with E-state index in [0.29, 0.717) is 65.1 Å². The Balaban J connectivity index is 1.58. The number of carbonyl (C=O) groups excluding carboxylic acids is 1. The predicted octanol–water partition coefficient (Wildman–Crippen LogP) is 6.35. The molecule has 0 saturated heterocycles. The van der Waals surface area contributed by atoms with E-state index in [1.165, 1.54) is 30.1 Å². The molecule has 2 heterocycles. The number of methoxy groups -OCH3 is 2. The number of rotatable bonds is 9. The lowest BCUT2D eigenvalue weighted by molar-refractivity contribution is -0.136. The summed E-state index contributed by atoms with van der Waals surface area (Å²) in [6.07, 6.45) is 1.75. The molecule has 0 radical (unpaired) electrons. The molecule has 1 aliphatic rings. The molecule has 0 bridgehead atoms. The van der Waals surface area contributed by atoms with Gasteiger partial charge in [-0.05, 0) is 68.0 Å². The van der Waals surface area contributed by atoms with Gasteiger partial charge < -0.3 is 18.9 Å². The fraction of sp³-hybridized carbons (Fsp3) is 0.219. The molecule has 0 amide bonds. The van der Waals surface area contributed by atoms with E-state index in [4.69, 9.17) is 53.8 Å². The van der Waals surface area contributed by atoms with Crippen LogP contribution in [0.2, 0.25) is 15.1 Å². The Kier molecular flexibility index (Phi) is 9.70. The monoisotopic (exact) mass is 672 g/mol. The van der Waals surface area contributed by atoms with Gasteiger partial charge in [0.05, 0.1) is 36.6 Å². The van der Waals surface area contributed by atoms with Crippen LogP contribution in [0.5, 0.6) is 17.2 Å². The lowest BCUT2D eigenvalue weighted by Gasteiger charge is -2.25. The van der Waals surface area contributed by atoms with E-state index in [1.807, 2.05) is 13.0 Å². The summed E-state index contributed by atoms with van der Waals surface area (Å²) in [7, 11) is 2.80. The summed E-state index contributed by atoms with van der Waals surface area (Å²) in [5.74, 6) is 0.874. The summed E-state index contributed by atoms with van der Waals surface area (Å²) in [5, 5.41) is 1.46. The lowest BCUT2D eigenvalue weighted by Crippen LogP contribution is -2.40. The molecule has 4 aromatic rings. The molecule has 0 aliphatic carbocycles. The van der Waals surface area contributed by atoms with Crippen molar-refractivity contribution in [2.24, 2.45) is 4.99 Å². The van der Waals surface area contributed by atoms with Crippen molar-refractivity contribution >= 4 is 58.2 Å². The number of carbonyl (C=O) groups is 1. The Bertz CT molecular complexity index is 1970. The Morgan fingerprint density at radius 1 is 0.977 bits per heavy atom. The van der Waals surface area contributed by atoms with Gasteiger partial charge in [0.1, 0.15) is 18.4 Å². The summed E-state index contributed by atoms with van der Waals surface area (Å²) in [6, 6.07) is 14.8. The third-order valence-electron chi connectivity index (χ3n) is 6.88. The molecule has 0 N–H and O–H groups in total. The number of nitrogens with zero attached hydrogens (tertiary/aromatic N) is 2. The molecule has 1 aromatic heterocycles. The van der Waals surface area contributed by atoms with E-state index >= 15 is 0 Å². The third kappa shape index (κ3) is 6.37. The number of allylic oxidation sites excluding steroid dienone is 1. The van der Waals surface area contributed by atoms with Crippen molar-refractivity contribution in [1.82, 2.24) is 4.57 Å². The molecule has 12 heteroatoms. The first kappa shape index (κ1) is 31.7. The van der Waals surface area contributed by atoms with Gasteiger partial charge in [-0.3, -0.25) is 9.36 Å². The van der Waals surface area contributed by atoms with Gasteiger partial charge in [0.15, 0.2) is 16.3 Å². The average molecular weight is 674 g/mol. The summed E-state index contributed by atoms with van der Waals surface area (Å²) in [4.78, 5) is 32.0. The molecule has 0 saturated carbocycles. The van der Waals surface area contributed by atoms with Crippen molar-refractivity contribution in [3.05, 3.63) is 117 Å². The summed E-state index contributed by atoms with van der Waals surface area (Å²) >= 11 is 19.9. The second-order valence-corrected chi connectivity index (χ2v) is 11.9. The molecule has 8 nitrogen and oxygen atoms in total. The highest BCUT2D eigenvalue weighted by Gasteiger charge is 2.35. The van der Waals surface area contributed by atoms with E-state index in [9.17, 15) is 9.59 Å². The number of fused-ring (bicyclic) bond motifs is 1. The SMILES string of the molecule is CCOc1cc(/C=c2\sc3n(c2=O)[C@@H](c2cc(Cl)ccc2OC)C(C(=O)OC)=C(C)N=3)ccc1OCc1ccc(Cl)cc1Cl. The molecular weight excluding hydrogens is 647 g/mol. The number of esters is 1. The van der Waals surface area contributed by atoms with Crippen LogP contribution in [-0.4, -0.2) is 31.4 Å². The number of halogens is 3. The van der Waals surface area contributed by atoms with E-state index in [2.05, 4.69) is 4.99 Å². The van der Waals surface area contributed by atoms with Crippen molar-refractivity contribution in [2.75, 3.05) is 20.8 Å². The van der Waals surface area contributed by atoms with Gasteiger partial charge in [0.2, 0.25) is 0 Å². The molecular formula is C32H27Cl3N2O6S. The summed E-state index contributed by atoms with van der Waals surface area (Å²) in [5.41, 5.74) is 2.31. The first-order valence-corrected chi connectivity index (χ1v) is 15.4. The highest BCUT2D eigenvalue weighted by atomic mass is 35.5. The van der Waals surface area contributed by atoms with Crippen molar-refractivity contribution in [3.63, 3.8) is 0 Å². The quantitative estimate of drug-likeness (QED) is 0.192. The van der Waals surface area contributed by atoms with Crippen molar-refractivity contribution in [2.45, 2.75) is 26.5 Å². The van der Waals surface area contributed by atoms with Crippen LogP contribution in [0, 0.1) is 0 Å². The molecule has 3 aromatic carbocycles. The van der Waals surface area contributed by atoms with Crippen LogP contribution in [0.4, 0.5) is 0 Å². The zero-order valence-corrected chi connectivity index (χ0v) is 27.2. The van der Waals surface area contributed by atoms with Gasteiger partial charge in [-0.1, -0.05) is 58.3 Å². The zero-order chi connectivity index (χ0) is 31.5. The van der Waals surface area contributed by atoms with Crippen LogP contribution in [0.1, 0.15) is 36.6 Å². The van der Waals surface area contributed by atoms with Crippen molar-refractivity contribution in [1.29, 1.82) is 0 Å². The van der Waals surface area contributed by atoms with Crippen LogP contribution in [0.15, 0.2) is 75.7 Å². The summed E-state index contributed by atoms with van der Waals surface area (Å²) < 4.78 is 24.4. The zero-order valence-electron chi connectivity index (χ0n) is 24.2. The highest BCUT2D eigenvalue weighted by Crippen LogP contribution is 2.37. The largest absolute Gasteiger partial charge is 0.496 e. The fourth-order valence-electron chi connectivity index (χ4n) is 4.85. The number of hydrogen-bond donors (Lipinski definition) is 0. The number of benzene rings is 3. The molecule has 1 atom stereocenters. The maximum absolute atomic E-state index is 14.0. The molecule has 228 valence electrons. The molecule has 0 fully saturated rings. The molecule has 0 unspecified atom stereocenters. The van der Waals surface area contributed by atoms with E-state index in [0.717, 1.165) is 5.56 Å². The van der Waals surface area contributed by atoms with E-state index in [1.54, 1.807) is 61.5 Å². The minimum Gasteiger partial charge on any atom is -0.496 e. The van der Waals surface area contributed by atoms with Gasteiger partial charge >= 0.3 is 5.97 Å². The normalized spacial score (nSPS) is 14.6. The van der Waals surface area contributed by atoms with Crippen molar-refractivity contribution in [3.8, 4) is 17.2 Å². The third-order valence-corrected chi connectivity index (χ3v) is 8.68. The van der Waals surface area contributed by atoms with Crippen LogP contribution in [0.25, 0.3) is 6.08 Å². The van der Waals surface area contributed by atoms with E-state index < -0.39 is 12.0 Å². The number of hydrogen-bond acceptors (Lipinski definition) is 8. The van der Waals surface area contributed by atoms with Crippen molar-refractivity contribution < 1.29 is 23.7 Å². The van der Waals surface area contributed by atoms with Crippen LogP contribution < -0.4 is 29.1 Å². The Morgan fingerprint density at radius 2 is 1.70 bits per heavy atom. The molecule has 1 aliphatic heterocycles. The Morgan fingerprint density at radius 3 is 2.41 bits per heavy atom. The van der Waals surface area contributed by atoms with Gasteiger partial charge in [-0.2, -0.15) is 0 Å². The van der Waals surface area contributed by atoms with Crippen LogP contribution >= 0.6 is 46.1 Å². The van der Waals surface area contributed by atoms with Gasteiger partial charge in [0, 0.05) is 26.2 Å². The Labute approximate surface area is 272 Å². The number of thiazole rings is 1. The molecule has 44 heavy (non-hydrogen) atoms. The number of ether oxygens (including phenoxy) is 4. The Hall–Kier alpha value is -3.76. The first-order chi connectivity index (χ1) is 21.1. The maximum Gasteiger partial charge on any atom is 0.338 e. The van der Waals surface area contributed by atoms with Gasteiger partial charge in [-0.25, -0.2) is 9.79 Å².